The molecule has 0 aliphatic heterocycles. The Hall–Kier alpha value is -1.36. The van der Waals surface area contributed by atoms with Gasteiger partial charge in [0.25, 0.3) is 0 Å². The van der Waals surface area contributed by atoms with Crippen molar-refractivity contribution in [2.45, 2.75) is 26.4 Å². The molecular formula is C9H15N3O2. The summed E-state index contributed by atoms with van der Waals surface area (Å²) >= 11 is 0. The van der Waals surface area contributed by atoms with Gasteiger partial charge in [0.15, 0.2) is 5.69 Å². The summed E-state index contributed by atoms with van der Waals surface area (Å²) in [7, 11) is 0. The van der Waals surface area contributed by atoms with E-state index in [-0.39, 0.29) is 12.2 Å². The van der Waals surface area contributed by atoms with Crippen LogP contribution in [0.5, 0.6) is 0 Å². The number of aromatic amines is 1. The number of rotatable bonds is 3. The van der Waals surface area contributed by atoms with Gasteiger partial charge in [0, 0.05) is 12.2 Å². The van der Waals surface area contributed by atoms with Crippen LogP contribution in [0.25, 0.3) is 0 Å². The molecule has 0 radical (unpaired) electrons. The molecule has 0 aromatic carbocycles. The van der Waals surface area contributed by atoms with E-state index in [4.69, 9.17) is 10.5 Å². The molecule has 14 heavy (non-hydrogen) atoms. The summed E-state index contributed by atoms with van der Waals surface area (Å²) in [6, 6.07) is 1.63. The number of nitrogens with one attached hydrogen (secondary N) is 1. The van der Waals surface area contributed by atoms with Crippen molar-refractivity contribution >= 4 is 5.97 Å². The molecule has 5 nitrogen and oxygen atoms in total. The van der Waals surface area contributed by atoms with Crippen LogP contribution in [0.2, 0.25) is 0 Å². The van der Waals surface area contributed by atoms with Crippen molar-refractivity contribution in [3.05, 3.63) is 17.5 Å². The first-order valence-corrected chi connectivity index (χ1v) is 4.40. The van der Waals surface area contributed by atoms with Crippen molar-refractivity contribution < 1.29 is 9.53 Å². The molecule has 1 aromatic heterocycles. The summed E-state index contributed by atoms with van der Waals surface area (Å²) in [5.41, 5.74) is 5.89. The number of aromatic nitrogens is 2. The second-order valence-corrected chi connectivity index (χ2v) is 3.79. The lowest BCUT2D eigenvalue weighted by atomic mass is 10.1. The third-order valence-corrected chi connectivity index (χ3v) is 1.78. The topological polar surface area (TPSA) is 81.0 Å². The van der Waals surface area contributed by atoms with Crippen LogP contribution < -0.4 is 5.73 Å². The van der Waals surface area contributed by atoms with E-state index in [1.807, 2.05) is 6.92 Å². The maximum atomic E-state index is 11.5. The summed E-state index contributed by atoms with van der Waals surface area (Å²) < 4.78 is 5.14. The van der Waals surface area contributed by atoms with E-state index in [1.54, 1.807) is 19.9 Å². The predicted molar refractivity (Wildman–Crippen MR) is 51.9 cm³/mol. The Morgan fingerprint density at radius 1 is 1.71 bits per heavy atom. The van der Waals surface area contributed by atoms with E-state index >= 15 is 0 Å². The predicted octanol–water partition coefficient (Wildman–Crippen LogP) is 0.612. The SMILES string of the molecule is Cc1cc(C(=O)OC(C)(C)CN)n[nH]1. The summed E-state index contributed by atoms with van der Waals surface area (Å²) in [6.45, 7) is 5.61. The van der Waals surface area contributed by atoms with Gasteiger partial charge in [-0.1, -0.05) is 0 Å². The Kier molecular flexibility index (Phi) is 2.90. The zero-order valence-corrected chi connectivity index (χ0v) is 8.63. The van der Waals surface area contributed by atoms with E-state index in [9.17, 15) is 4.79 Å². The van der Waals surface area contributed by atoms with E-state index < -0.39 is 11.6 Å². The highest BCUT2D eigenvalue weighted by molar-refractivity contribution is 5.87. The van der Waals surface area contributed by atoms with Crippen molar-refractivity contribution in [2.75, 3.05) is 6.54 Å². The molecule has 3 N–H and O–H groups in total. The normalized spacial score (nSPS) is 11.4. The van der Waals surface area contributed by atoms with Crippen LogP contribution in [0.1, 0.15) is 30.0 Å². The Morgan fingerprint density at radius 3 is 2.79 bits per heavy atom. The van der Waals surface area contributed by atoms with E-state index in [0.717, 1.165) is 5.69 Å². The number of carbonyl (C=O) groups excluding carboxylic acids is 1. The number of H-pyrrole nitrogens is 1. The minimum Gasteiger partial charge on any atom is -0.454 e. The third kappa shape index (κ3) is 2.56. The van der Waals surface area contributed by atoms with Crippen LogP contribution in [0, 0.1) is 6.92 Å². The first-order chi connectivity index (χ1) is 6.44. The standard InChI is InChI=1S/C9H15N3O2/c1-6-4-7(12-11-6)8(13)14-9(2,3)5-10/h4H,5,10H2,1-3H3,(H,11,12). The number of nitrogens with two attached hydrogens (primary N) is 1. The molecule has 0 saturated heterocycles. The van der Waals surface area contributed by atoms with E-state index in [0.29, 0.717) is 0 Å². The molecule has 0 amide bonds. The fraction of sp³-hybridized carbons (Fsp3) is 0.556. The van der Waals surface area contributed by atoms with Crippen molar-refractivity contribution in [2.24, 2.45) is 5.73 Å². The molecule has 1 heterocycles. The molecule has 0 aliphatic rings. The summed E-state index contributed by atoms with van der Waals surface area (Å²) in [6.07, 6.45) is 0. The van der Waals surface area contributed by atoms with Gasteiger partial charge in [-0.3, -0.25) is 5.10 Å². The van der Waals surface area contributed by atoms with Gasteiger partial charge in [-0.05, 0) is 26.8 Å². The molecule has 0 saturated carbocycles. The fourth-order valence-electron chi connectivity index (χ4n) is 0.867. The average Bonchev–Trinajstić information content (AvgIpc) is 2.51. The van der Waals surface area contributed by atoms with E-state index in [1.165, 1.54) is 0 Å². The van der Waals surface area contributed by atoms with Crippen LogP contribution in [0.4, 0.5) is 0 Å². The second-order valence-electron chi connectivity index (χ2n) is 3.79. The van der Waals surface area contributed by atoms with Gasteiger partial charge in [0.1, 0.15) is 5.60 Å². The molecule has 0 spiro atoms. The molecule has 5 heteroatoms. The Morgan fingerprint density at radius 2 is 2.36 bits per heavy atom. The number of nitrogens with zero attached hydrogens (tertiary/aromatic N) is 1. The van der Waals surface area contributed by atoms with Crippen LogP contribution in [0.3, 0.4) is 0 Å². The van der Waals surface area contributed by atoms with Gasteiger partial charge < -0.3 is 10.5 Å². The lowest BCUT2D eigenvalue weighted by molar-refractivity contribution is 0.00226. The minimum absolute atomic E-state index is 0.280. The first kappa shape index (κ1) is 10.7. The molecule has 0 fully saturated rings. The molecule has 0 atom stereocenters. The monoisotopic (exact) mass is 197 g/mol. The van der Waals surface area contributed by atoms with Crippen molar-refractivity contribution in [3.63, 3.8) is 0 Å². The highest BCUT2D eigenvalue weighted by atomic mass is 16.6. The molecule has 1 rings (SSSR count). The molecule has 0 bridgehead atoms. The molecule has 0 aliphatic carbocycles. The van der Waals surface area contributed by atoms with Gasteiger partial charge in [-0.15, -0.1) is 0 Å². The van der Waals surface area contributed by atoms with Crippen LogP contribution >= 0.6 is 0 Å². The summed E-state index contributed by atoms with van der Waals surface area (Å²) in [5.74, 6) is -0.454. The highest BCUT2D eigenvalue weighted by Gasteiger charge is 2.23. The van der Waals surface area contributed by atoms with Gasteiger partial charge in [0.2, 0.25) is 0 Å². The van der Waals surface area contributed by atoms with Crippen molar-refractivity contribution in [3.8, 4) is 0 Å². The largest absolute Gasteiger partial charge is 0.454 e. The number of hydrogen-bond donors (Lipinski definition) is 2. The molecular weight excluding hydrogens is 182 g/mol. The smallest absolute Gasteiger partial charge is 0.359 e. The number of esters is 1. The van der Waals surface area contributed by atoms with Gasteiger partial charge in [0.05, 0.1) is 0 Å². The Balaban J connectivity index is 2.68. The maximum absolute atomic E-state index is 11.5. The first-order valence-electron chi connectivity index (χ1n) is 4.40. The molecule has 1 aromatic rings. The van der Waals surface area contributed by atoms with Gasteiger partial charge in [-0.2, -0.15) is 5.10 Å². The lowest BCUT2D eigenvalue weighted by Crippen LogP contribution is -2.36. The average molecular weight is 197 g/mol. The van der Waals surface area contributed by atoms with Crippen molar-refractivity contribution in [1.29, 1.82) is 0 Å². The maximum Gasteiger partial charge on any atom is 0.359 e. The van der Waals surface area contributed by atoms with Gasteiger partial charge >= 0.3 is 5.97 Å². The van der Waals surface area contributed by atoms with E-state index in [2.05, 4.69) is 10.2 Å². The molecule has 78 valence electrons. The zero-order chi connectivity index (χ0) is 10.8. The quantitative estimate of drug-likeness (QED) is 0.696. The number of ether oxygens (including phenoxy) is 1. The van der Waals surface area contributed by atoms with Crippen LogP contribution in [0.15, 0.2) is 6.07 Å². The third-order valence-electron chi connectivity index (χ3n) is 1.78. The fourth-order valence-corrected chi connectivity index (χ4v) is 0.867. The zero-order valence-electron chi connectivity index (χ0n) is 8.63. The number of hydrogen-bond acceptors (Lipinski definition) is 4. The summed E-state index contributed by atoms with van der Waals surface area (Å²) in [4.78, 5) is 11.5. The van der Waals surface area contributed by atoms with Crippen LogP contribution in [-0.2, 0) is 4.74 Å². The summed E-state index contributed by atoms with van der Waals surface area (Å²) in [5, 5.41) is 6.47. The number of carbonyl (C=O) groups is 1. The van der Waals surface area contributed by atoms with Crippen molar-refractivity contribution in [1.82, 2.24) is 10.2 Å². The van der Waals surface area contributed by atoms with Crippen LogP contribution in [-0.4, -0.2) is 28.3 Å². The number of aryl methyl sites for hydroxylation is 1. The minimum atomic E-state index is -0.649. The Labute approximate surface area is 82.6 Å². The Bertz CT molecular complexity index is 331. The van der Waals surface area contributed by atoms with Gasteiger partial charge in [-0.25, -0.2) is 4.79 Å². The lowest BCUT2D eigenvalue weighted by Gasteiger charge is -2.22. The second kappa shape index (κ2) is 3.79. The highest BCUT2D eigenvalue weighted by Crippen LogP contribution is 2.10. The molecule has 0 unspecified atom stereocenters.